The molecule has 0 aromatic heterocycles. The standard InChI is InChI=1S/C22H25FN2O4S/c1-7-24-17-10-16(23)14(8-15(17)12(2)11-22(24,4)5)9-18-19(26)25(21(28)30-18)13(3)20(27)29-6/h8-11,13H,7H2,1-6H3/b18-9-. The molecule has 30 heavy (non-hydrogen) atoms. The second-order valence-corrected chi connectivity index (χ2v) is 8.86. The molecule has 2 heterocycles. The van der Waals surface area contributed by atoms with E-state index in [9.17, 15) is 18.8 Å². The Bertz CT molecular complexity index is 999. The Morgan fingerprint density at radius 1 is 1.33 bits per heavy atom. The summed E-state index contributed by atoms with van der Waals surface area (Å²) in [6, 6.07) is 2.13. The van der Waals surface area contributed by atoms with E-state index in [1.54, 1.807) is 6.07 Å². The molecule has 0 aliphatic carbocycles. The van der Waals surface area contributed by atoms with E-state index in [0.717, 1.165) is 21.7 Å². The number of hydrogen-bond donors (Lipinski definition) is 0. The predicted molar refractivity (Wildman–Crippen MR) is 116 cm³/mol. The lowest BCUT2D eigenvalue weighted by Crippen LogP contribution is -2.45. The van der Waals surface area contributed by atoms with Gasteiger partial charge in [0, 0.05) is 23.4 Å². The highest BCUT2D eigenvalue weighted by atomic mass is 32.2. The Hall–Kier alpha value is -2.61. The van der Waals surface area contributed by atoms with E-state index in [-0.39, 0.29) is 16.0 Å². The van der Waals surface area contributed by atoms with Crippen LogP contribution in [-0.4, -0.2) is 47.3 Å². The van der Waals surface area contributed by atoms with Crippen LogP contribution in [0.4, 0.5) is 14.9 Å². The Balaban J connectivity index is 2.02. The molecule has 3 rings (SSSR count). The highest BCUT2D eigenvalue weighted by molar-refractivity contribution is 8.18. The number of carbonyl (C=O) groups excluding carboxylic acids is 3. The van der Waals surface area contributed by atoms with Crippen LogP contribution in [0.1, 0.15) is 45.7 Å². The first kappa shape index (κ1) is 22.1. The monoisotopic (exact) mass is 432 g/mol. The molecule has 160 valence electrons. The molecule has 1 atom stereocenters. The number of thioether (sulfide) groups is 1. The summed E-state index contributed by atoms with van der Waals surface area (Å²) in [7, 11) is 1.19. The van der Waals surface area contributed by atoms with Gasteiger partial charge in [-0.25, -0.2) is 9.18 Å². The summed E-state index contributed by atoms with van der Waals surface area (Å²) in [5, 5.41) is -0.586. The van der Waals surface area contributed by atoms with Gasteiger partial charge in [-0.3, -0.25) is 14.5 Å². The van der Waals surface area contributed by atoms with Gasteiger partial charge >= 0.3 is 5.97 Å². The average molecular weight is 433 g/mol. The molecular weight excluding hydrogens is 407 g/mol. The normalized spacial score (nSPS) is 20.4. The van der Waals surface area contributed by atoms with Gasteiger partial charge in [0.05, 0.1) is 17.6 Å². The third-order valence-electron chi connectivity index (χ3n) is 5.45. The smallest absolute Gasteiger partial charge is 0.328 e. The third-order valence-corrected chi connectivity index (χ3v) is 6.34. The first-order valence-corrected chi connectivity index (χ1v) is 10.5. The van der Waals surface area contributed by atoms with Crippen molar-refractivity contribution in [1.82, 2.24) is 4.90 Å². The molecule has 2 aliphatic rings. The molecule has 1 aromatic carbocycles. The predicted octanol–water partition coefficient (Wildman–Crippen LogP) is 4.45. The van der Waals surface area contributed by atoms with E-state index in [1.807, 2.05) is 13.8 Å². The maximum atomic E-state index is 15.0. The van der Waals surface area contributed by atoms with Crippen molar-refractivity contribution in [3.63, 3.8) is 0 Å². The number of esters is 1. The number of hydrogen-bond acceptors (Lipinski definition) is 6. The van der Waals surface area contributed by atoms with E-state index in [2.05, 4.69) is 29.6 Å². The Labute approximate surface area is 179 Å². The van der Waals surface area contributed by atoms with Crippen LogP contribution in [-0.2, 0) is 14.3 Å². The maximum absolute atomic E-state index is 15.0. The number of allylic oxidation sites excluding steroid dienone is 1. The number of amides is 2. The number of likely N-dealkylation sites (N-methyl/N-ethyl adjacent to an activating group) is 1. The summed E-state index contributed by atoms with van der Waals surface area (Å²) in [5.74, 6) is -1.81. The maximum Gasteiger partial charge on any atom is 0.328 e. The summed E-state index contributed by atoms with van der Waals surface area (Å²) < 4.78 is 19.6. The van der Waals surface area contributed by atoms with Crippen LogP contribution in [0.25, 0.3) is 11.6 Å². The highest BCUT2D eigenvalue weighted by Crippen LogP contribution is 2.41. The lowest BCUT2D eigenvalue weighted by Gasteiger charge is -2.42. The topological polar surface area (TPSA) is 66.9 Å². The highest BCUT2D eigenvalue weighted by Gasteiger charge is 2.41. The lowest BCUT2D eigenvalue weighted by molar-refractivity contribution is -0.148. The van der Waals surface area contributed by atoms with Gasteiger partial charge in [-0.15, -0.1) is 0 Å². The van der Waals surface area contributed by atoms with Crippen molar-refractivity contribution in [1.29, 1.82) is 0 Å². The van der Waals surface area contributed by atoms with Crippen LogP contribution in [0.5, 0.6) is 0 Å². The lowest BCUT2D eigenvalue weighted by atomic mass is 9.88. The number of imide groups is 1. The summed E-state index contributed by atoms with van der Waals surface area (Å²) >= 11 is 0.684. The molecule has 0 N–H and O–H groups in total. The molecule has 8 heteroatoms. The van der Waals surface area contributed by atoms with Gasteiger partial charge in [-0.1, -0.05) is 6.08 Å². The van der Waals surface area contributed by atoms with E-state index < -0.39 is 29.0 Å². The summed E-state index contributed by atoms with van der Waals surface area (Å²) in [4.78, 5) is 39.8. The number of nitrogens with zero attached hydrogens (tertiary/aromatic N) is 2. The van der Waals surface area contributed by atoms with Crippen molar-refractivity contribution in [3.05, 3.63) is 40.1 Å². The minimum atomic E-state index is -1.05. The molecular formula is C22H25FN2O4S. The minimum Gasteiger partial charge on any atom is -0.467 e. The van der Waals surface area contributed by atoms with Crippen LogP contribution >= 0.6 is 11.8 Å². The van der Waals surface area contributed by atoms with Crippen LogP contribution < -0.4 is 4.90 Å². The van der Waals surface area contributed by atoms with Gasteiger partial charge in [0.15, 0.2) is 0 Å². The van der Waals surface area contributed by atoms with Gasteiger partial charge in [0.1, 0.15) is 11.9 Å². The molecule has 0 radical (unpaired) electrons. The summed E-state index contributed by atoms with van der Waals surface area (Å²) in [6.07, 6.45) is 3.50. The first-order chi connectivity index (χ1) is 14.0. The molecule has 1 saturated heterocycles. The molecule has 0 bridgehead atoms. The number of anilines is 1. The molecule has 1 aromatic rings. The molecule has 0 saturated carbocycles. The Kier molecular flexibility index (Phi) is 5.82. The Morgan fingerprint density at radius 2 is 2.00 bits per heavy atom. The summed E-state index contributed by atoms with van der Waals surface area (Å²) in [5.41, 5.74) is 2.66. The van der Waals surface area contributed by atoms with Gasteiger partial charge in [0.25, 0.3) is 11.1 Å². The fraction of sp³-hybridized carbons (Fsp3) is 0.409. The molecule has 6 nitrogen and oxygen atoms in total. The number of methoxy groups -OCH3 is 1. The SMILES string of the molecule is CCN1c2cc(F)c(/C=C3\SC(=O)N(C(C)C(=O)OC)C3=O)cc2C(C)=CC1(C)C. The van der Waals surface area contributed by atoms with Crippen molar-refractivity contribution in [2.24, 2.45) is 0 Å². The molecule has 2 aliphatic heterocycles. The van der Waals surface area contributed by atoms with E-state index in [1.165, 1.54) is 26.2 Å². The zero-order valence-electron chi connectivity index (χ0n) is 17.9. The van der Waals surface area contributed by atoms with Crippen molar-refractivity contribution >= 4 is 46.2 Å². The number of fused-ring (bicyclic) bond motifs is 1. The fourth-order valence-corrected chi connectivity index (χ4v) is 4.93. The number of halogens is 1. The fourth-order valence-electron chi connectivity index (χ4n) is 4.03. The van der Waals surface area contributed by atoms with Crippen LogP contribution in [0.15, 0.2) is 23.1 Å². The van der Waals surface area contributed by atoms with Gasteiger partial charge in [-0.05, 0) is 70.2 Å². The number of rotatable bonds is 4. The Morgan fingerprint density at radius 3 is 2.60 bits per heavy atom. The second-order valence-electron chi connectivity index (χ2n) is 7.87. The van der Waals surface area contributed by atoms with Crippen LogP contribution in [0, 0.1) is 5.82 Å². The zero-order chi connectivity index (χ0) is 22.4. The largest absolute Gasteiger partial charge is 0.467 e. The molecule has 1 unspecified atom stereocenters. The van der Waals surface area contributed by atoms with Gasteiger partial charge in [-0.2, -0.15) is 0 Å². The van der Waals surface area contributed by atoms with E-state index >= 15 is 0 Å². The van der Waals surface area contributed by atoms with Crippen molar-refractivity contribution in [2.75, 3.05) is 18.6 Å². The van der Waals surface area contributed by atoms with Crippen LogP contribution in [0.2, 0.25) is 0 Å². The number of carbonyl (C=O) groups is 3. The van der Waals surface area contributed by atoms with Crippen LogP contribution in [0.3, 0.4) is 0 Å². The van der Waals surface area contributed by atoms with E-state index in [0.29, 0.717) is 18.3 Å². The quantitative estimate of drug-likeness (QED) is 0.517. The zero-order valence-corrected chi connectivity index (χ0v) is 18.7. The van der Waals surface area contributed by atoms with Crippen molar-refractivity contribution in [3.8, 4) is 0 Å². The van der Waals surface area contributed by atoms with E-state index in [4.69, 9.17) is 0 Å². The van der Waals surface area contributed by atoms with Crippen molar-refractivity contribution < 1.29 is 23.5 Å². The number of ether oxygens (including phenoxy) is 1. The minimum absolute atomic E-state index is 0.0692. The second kappa shape index (κ2) is 7.91. The van der Waals surface area contributed by atoms with Crippen molar-refractivity contribution in [2.45, 2.75) is 46.2 Å². The van der Waals surface area contributed by atoms with Gasteiger partial charge < -0.3 is 9.64 Å². The molecule has 0 spiro atoms. The first-order valence-electron chi connectivity index (χ1n) is 9.67. The average Bonchev–Trinajstić information content (AvgIpc) is 2.94. The third kappa shape index (κ3) is 3.64. The summed E-state index contributed by atoms with van der Waals surface area (Å²) in [6.45, 7) is 10.3. The number of benzene rings is 1. The molecule has 1 fully saturated rings. The molecule has 2 amide bonds. The van der Waals surface area contributed by atoms with Gasteiger partial charge in [0.2, 0.25) is 0 Å².